The molecule has 1 aromatic rings. The maximum absolute atomic E-state index is 12.3. The average molecular weight is 441 g/mol. The lowest BCUT2D eigenvalue weighted by atomic mass is 10.1. The zero-order valence-corrected chi connectivity index (χ0v) is 17.6. The second-order valence-corrected chi connectivity index (χ2v) is 7.27. The van der Waals surface area contributed by atoms with Crippen molar-refractivity contribution in [2.75, 3.05) is 49.6 Å². The maximum atomic E-state index is 12.3. The third-order valence-corrected chi connectivity index (χ3v) is 5.42. The van der Waals surface area contributed by atoms with E-state index < -0.39 is 4.92 Å². The van der Waals surface area contributed by atoms with E-state index in [0.717, 1.165) is 25.1 Å². The minimum Gasteiger partial charge on any atom is -0.361 e. The normalized spacial score (nSPS) is 17.4. The highest BCUT2D eigenvalue weighted by molar-refractivity contribution is 8.93. The van der Waals surface area contributed by atoms with Gasteiger partial charge in [-0.15, -0.1) is 17.0 Å². The molecule has 1 amide bonds. The number of nitro groups is 1. The molecule has 8 heteroatoms. The minimum atomic E-state index is -0.419. The van der Waals surface area contributed by atoms with Crippen LogP contribution in [0.4, 0.5) is 17.1 Å². The molecule has 27 heavy (non-hydrogen) atoms. The van der Waals surface area contributed by atoms with Crippen LogP contribution in [0.25, 0.3) is 0 Å². The fourth-order valence-electron chi connectivity index (χ4n) is 3.85. The number of carbonyl (C=O) groups excluding carboxylic acids is 1. The fourth-order valence-corrected chi connectivity index (χ4v) is 3.85. The van der Waals surface area contributed by atoms with E-state index in [0.29, 0.717) is 12.2 Å². The summed E-state index contributed by atoms with van der Waals surface area (Å²) >= 11 is 0. The molecule has 0 bridgehead atoms. The number of likely N-dealkylation sites (tertiary alicyclic amines) is 1. The van der Waals surface area contributed by atoms with Gasteiger partial charge in [-0.05, 0) is 51.4 Å². The molecule has 1 aromatic carbocycles. The SMILES string of the molecule is Br.CN1C(=O)CN(CCCCCN2CCCCC2)c2ccc([N+](=O)[O-])cc21. The number of hydrogen-bond donors (Lipinski definition) is 0. The van der Waals surface area contributed by atoms with Crippen LogP contribution < -0.4 is 9.80 Å². The van der Waals surface area contributed by atoms with Gasteiger partial charge in [-0.25, -0.2) is 0 Å². The largest absolute Gasteiger partial charge is 0.361 e. The summed E-state index contributed by atoms with van der Waals surface area (Å²) in [6, 6.07) is 4.78. The van der Waals surface area contributed by atoms with Gasteiger partial charge >= 0.3 is 0 Å². The van der Waals surface area contributed by atoms with Gasteiger partial charge in [0.2, 0.25) is 5.91 Å². The summed E-state index contributed by atoms with van der Waals surface area (Å²) in [7, 11) is 1.68. The summed E-state index contributed by atoms with van der Waals surface area (Å²) < 4.78 is 0. The lowest BCUT2D eigenvalue weighted by molar-refractivity contribution is -0.384. The van der Waals surface area contributed by atoms with Crippen molar-refractivity contribution in [3.63, 3.8) is 0 Å². The van der Waals surface area contributed by atoms with E-state index in [-0.39, 0.29) is 28.6 Å². The molecule has 1 saturated heterocycles. The predicted molar refractivity (Wildman–Crippen MR) is 113 cm³/mol. The Morgan fingerprint density at radius 1 is 1.04 bits per heavy atom. The Hall–Kier alpha value is -1.67. The van der Waals surface area contributed by atoms with Crippen LogP contribution in [0.3, 0.4) is 0 Å². The minimum absolute atomic E-state index is 0. The van der Waals surface area contributed by atoms with E-state index >= 15 is 0 Å². The first kappa shape index (κ1) is 21.6. The molecule has 2 heterocycles. The Morgan fingerprint density at radius 2 is 1.74 bits per heavy atom. The first-order valence-corrected chi connectivity index (χ1v) is 9.58. The van der Waals surface area contributed by atoms with E-state index in [1.807, 2.05) is 0 Å². The van der Waals surface area contributed by atoms with Crippen LogP contribution in [-0.4, -0.2) is 55.5 Å². The van der Waals surface area contributed by atoms with Gasteiger partial charge in [-0.1, -0.05) is 12.8 Å². The first-order valence-electron chi connectivity index (χ1n) is 9.58. The predicted octanol–water partition coefficient (Wildman–Crippen LogP) is 3.61. The van der Waals surface area contributed by atoms with Gasteiger partial charge in [0.1, 0.15) is 0 Å². The van der Waals surface area contributed by atoms with E-state index in [4.69, 9.17) is 0 Å². The second-order valence-electron chi connectivity index (χ2n) is 7.27. The molecule has 0 aromatic heterocycles. The van der Waals surface area contributed by atoms with Crippen LogP contribution in [0, 0.1) is 10.1 Å². The highest BCUT2D eigenvalue weighted by Crippen LogP contribution is 2.35. The highest BCUT2D eigenvalue weighted by atomic mass is 79.9. The van der Waals surface area contributed by atoms with Crippen LogP contribution in [-0.2, 0) is 4.79 Å². The van der Waals surface area contributed by atoms with Crippen LogP contribution in [0.15, 0.2) is 18.2 Å². The molecule has 150 valence electrons. The Kier molecular flexibility index (Phi) is 8.04. The number of unbranched alkanes of at least 4 members (excludes halogenated alkanes) is 2. The monoisotopic (exact) mass is 440 g/mol. The molecular weight excluding hydrogens is 412 g/mol. The Balaban J connectivity index is 0.00000261. The van der Waals surface area contributed by atoms with Crippen LogP contribution >= 0.6 is 17.0 Å². The standard InChI is InChI=1S/C19H28N4O3.BrH/c1-20-18-14-16(23(25)26)8-9-17(18)22(15-19(20)24)13-7-3-6-12-21-10-4-2-5-11-21;/h8-9,14H,2-7,10-13,15H2,1H3;1H. The third-order valence-electron chi connectivity index (χ3n) is 5.42. The van der Waals surface area contributed by atoms with Crippen molar-refractivity contribution < 1.29 is 9.72 Å². The van der Waals surface area contributed by atoms with E-state index in [1.165, 1.54) is 62.4 Å². The number of benzene rings is 1. The van der Waals surface area contributed by atoms with E-state index in [9.17, 15) is 14.9 Å². The summed E-state index contributed by atoms with van der Waals surface area (Å²) in [5, 5.41) is 11.0. The molecule has 2 aliphatic rings. The first-order chi connectivity index (χ1) is 12.6. The topological polar surface area (TPSA) is 69.9 Å². The molecule has 0 radical (unpaired) electrons. The number of halogens is 1. The summed E-state index contributed by atoms with van der Waals surface area (Å²) in [6.45, 7) is 4.79. The molecule has 0 N–H and O–H groups in total. The summed E-state index contributed by atoms with van der Waals surface area (Å²) in [6.07, 6.45) is 7.37. The fraction of sp³-hybridized carbons (Fsp3) is 0.632. The number of carbonyl (C=O) groups is 1. The number of rotatable bonds is 7. The number of fused-ring (bicyclic) bond motifs is 1. The molecule has 1 fully saturated rings. The molecule has 0 saturated carbocycles. The number of amides is 1. The Morgan fingerprint density at radius 3 is 2.44 bits per heavy atom. The molecule has 0 aliphatic carbocycles. The maximum Gasteiger partial charge on any atom is 0.271 e. The Bertz CT molecular complexity index is 664. The van der Waals surface area contributed by atoms with E-state index in [2.05, 4.69) is 9.80 Å². The number of likely N-dealkylation sites (N-methyl/N-ethyl adjacent to an activating group) is 1. The van der Waals surface area contributed by atoms with Crippen molar-refractivity contribution in [3.05, 3.63) is 28.3 Å². The van der Waals surface area contributed by atoms with Gasteiger partial charge in [-0.3, -0.25) is 14.9 Å². The highest BCUT2D eigenvalue weighted by Gasteiger charge is 2.28. The average Bonchev–Trinajstić information content (AvgIpc) is 2.65. The molecule has 2 aliphatic heterocycles. The summed E-state index contributed by atoms with van der Waals surface area (Å²) in [5.74, 6) is -0.0219. The number of nitro benzene ring substituents is 1. The number of nitrogens with zero attached hydrogens (tertiary/aromatic N) is 4. The quantitative estimate of drug-likeness (QED) is 0.367. The van der Waals surface area contributed by atoms with Crippen LogP contribution in [0.1, 0.15) is 38.5 Å². The van der Waals surface area contributed by atoms with Gasteiger partial charge in [0, 0.05) is 25.7 Å². The summed E-state index contributed by atoms with van der Waals surface area (Å²) in [5.41, 5.74) is 1.56. The number of hydrogen-bond acceptors (Lipinski definition) is 5. The van der Waals surface area contributed by atoms with Crippen molar-refractivity contribution >= 4 is 40.0 Å². The zero-order valence-electron chi connectivity index (χ0n) is 15.9. The Labute approximate surface area is 171 Å². The van der Waals surface area contributed by atoms with Crippen molar-refractivity contribution in [1.29, 1.82) is 0 Å². The number of non-ortho nitro benzene ring substituents is 1. The lowest BCUT2D eigenvalue weighted by Gasteiger charge is -2.35. The number of anilines is 2. The number of piperidine rings is 1. The van der Waals surface area contributed by atoms with Gasteiger partial charge in [-0.2, -0.15) is 0 Å². The zero-order chi connectivity index (χ0) is 18.5. The van der Waals surface area contributed by atoms with Crippen LogP contribution in [0.5, 0.6) is 0 Å². The van der Waals surface area contributed by atoms with Gasteiger partial charge in [0.25, 0.3) is 5.69 Å². The van der Waals surface area contributed by atoms with Crippen molar-refractivity contribution in [2.45, 2.75) is 38.5 Å². The molecule has 7 nitrogen and oxygen atoms in total. The van der Waals surface area contributed by atoms with Gasteiger partial charge in [0.05, 0.1) is 22.8 Å². The van der Waals surface area contributed by atoms with E-state index in [1.54, 1.807) is 13.1 Å². The van der Waals surface area contributed by atoms with Crippen LogP contribution in [0.2, 0.25) is 0 Å². The van der Waals surface area contributed by atoms with Gasteiger partial charge in [0.15, 0.2) is 0 Å². The van der Waals surface area contributed by atoms with Crippen molar-refractivity contribution in [1.82, 2.24) is 4.90 Å². The third kappa shape index (κ3) is 5.42. The second kappa shape index (κ2) is 10.0. The molecule has 0 spiro atoms. The summed E-state index contributed by atoms with van der Waals surface area (Å²) in [4.78, 5) is 29.0. The smallest absolute Gasteiger partial charge is 0.271 e. The van der Waals surface area contributed by atoms with Crippen molar-refractivity contribution in [3.8, 4) is 0 Å². The molecule has 0 unspecified atom stereocenters. The van der Waals surface area contributed by atoms with Gasteiger partial charge < -0.3 is 14.7 Å². The van der Waals surface area contributed by atoms with Crippen molar-refractivity contribution in [2.24, 2.45) is 0 Å². The lowest BCUT2D eigenvalue weighted by Crippen LogP contribution is -2.44. The molecular formula is C19H29BrN4O3. The molecule has 3 rings (SSSR count). The molecule has 0 atom stereocenters.